The first kappa shape index (κ1) is 11.8. The maximum absolute atomic E-state index is 4.78. The summed E-state index contributed by atoms with van der Waals surface area (Å²) in [4.78, 5) is 10.6. The Labute approximate surface area is 111 Å². The van der Waals surface area contributed by atoms with Gasteiger partial charge in [-0.1, -0.05) is 0 Å². The summed E-state index contributed by atoms with van der Waals surface area (Å²) in [6.07, 6.45) is 5.41. The Morgan fingerprint density at radius 3 is 3.11 bits per heavy atom. The molecule has 18 heavy (non-hydrogen) atoms. The lowest BCUT2D eigenvalue weighted by atomic mass is 9.98. The van der Waals surface area contributed by atoms with Crippen LogP contribution in [0.1, 0.15) is 35.0 Å². The van der Waals surface area contributed by atoms with Crippen molar-refractivity contribution in [2.24, 2.45) is 0 Å². The number of hydrogen-bond acceptors (Lipinski definition) is 4. The Bertz CT molecular complexity index is 562. The average Bonchev–Trinajstić information content (AvgIpc) is 2.82. The number of hydrogen-bond donors (Lipinski definition) is 1. The third-order valence-electron chi connectivity index (χ3n) is 3.43. The number of pyridine rings is 1. The van der Waals surface area contributed by atoms with Crippen LogP contribution in [-0.4, -0.2) is 17.0 Å². The fourth-order valence-corrected chi connectivity index (χ4v) is 3.68. The number of rotatable bonds is 2. The van der Waals surface area contributed by atoms with Gasteiger partial charge in [-0.2, -0.15) is 0 Å². The molecule has 3 nitrogen and oxygen atoms in total. The highest BCUT2D eigenvalue weighted by Crippen LogP contribution is 2.37. The van der Waals surface area contributed by atoms with Crippen molar-refractivity contribution < 1.29 is 0 Å². The molecule has 0 radical (unpaired) electrons. The van der Waals surface area contributed by atoms with E-state index < -0.39 is 0 Å². The van der Waals surface area contributed by atoms with Crippen LogP contribution in [0, 0.1) is 6.92 Å². The second kappa shape index (κ2) is 4.78. The van der Waals surface area contributed by atoms with Crippen LogP contribution in [0.2, 0.25) is 0 Å². The molecule has 2 aromatic heterocycles. The van der Waals surface area contributed by atoms with E-state index in [1.807, 2.05) is 19.3 Å². The molecule has 2 aromatic rings. The summed E-state index contributed by atoms with van der Waals surface area (Å²) in [5, 5.41) is 4.45. The minimum atomic E-state index is 0.477. The highest BCUT2D eigenvalue weighted by atomic mass is 32.1. The molecule has 0 fully saturated rings. The van der Waals surface area contributed by atoms with Crippen molar-refractivity contribution in [1.82, 2.24) is 15.3 Å². The summed E-state index contributed by atoms with van der Waals surface area (Å²) >= 11 is 1.79. The molecule has 3 rings (SSSR count). The van der Waals surface area contributed by atoms with Crippen LogP contribution in [0.3, 0.4) is 0 Å². The summed E-state index contributed by atoms with van der Waals surface area (Å²) in [6, 6.07) is 4.61. The molecule has 0 bridgehead atoms. The van der Waals surface area contributed by atoms with Crippen LogP contribution in [0.15, 0.2) is 18.3 Å². The van der Waals surface area contributed by atoms with E-state index in [2.05, 4.69) is 23.3 Å². The number of nitrogens with one attached hydrogen (secondary N) is 1. The predicted molar refractivity (Wildman–Crippen MR) is 74.8 cm³/mol. The molecule has 1 atom stereocenters. The van der Waals surface area contributed by atoms with E-state index in [0.29, 0.717) is 6.04 Å². The molecule has 0 aliphatic heterocycles. The third-order valence-corrected chi connectivity index (χ3v) is 4.67. The van der Waals surface area contributed by atoms with Gasteiger partial charge in [0, 0.05) is 17.1 Å². The average molecular weight is 259 g/mol. The summed E-state index contributed by atoms with van der Waals surface area (Å²) in [5.74, 6) is 0. The van der Waals surface area contributed by atoms with Gasteiger partial charge in [0.15, 0.2) is 0 Å². The molecule has 94 valence electrons. The lowest BCUT2D eigenvalue weighted by Gasteiger charge is -2.19. The maximum Gasteiger partial charge on any atom is 0.142 e. The van der Waals surface area contributed by atoms with Gasteiger partial charge in [-0.15, -0.1) is 11.3 Å². The number of aromatic nitrogens is 2. The first-order valence-corrected chi connectivity index (χ1v) is 7.19. The zero-order chi connectivity index (χ0) is 12.5. The Balaban J connectivity index is 2.02. The van der Waals surface area contributed by atoms with E-state index in [-0.39, 0.29) is 0 Å². The molecule has 1 aliphatic rings. The largest absolute Gasteiger partial charge is 0.312 e. The molecule has 0 amide bonds. The van der Waals surface area contributed by atoms with Crippen molar-refractivity contribution in [3.8, 4) is 10.7 Å². The second-order valence-corrected chi connectivity index (χ2v) is 5.81. The molecular weight excluding hydrogens is 242 g/mol. The minimum absolute atomic E-state index is 0.477. The van der Waals surface area contributed by atoms with Gasteiger partial charge in [0.2, 0.25) is 0 Å². The van der Waals surface area contributed by atoms with Crippen molar-refractivity contribution >= 4 is 11.3 Å². The van der Waals surface area contributed by atoms with Crippen molar-refractivity contribution in [3.05, 3.63) is 34.5 Å². The van der Waals surface area contributed by atoms with Gasteiger partial charge >= 0.3 is 0 Å². The molecular formula is C14H17N3S. The maximum atomic E-state index is 4.78. The number of thiazole rings is 1. The first-order valence-electron chi connectivity index (χ1n) is 6.38. The highest BCUT2D eigenvalue weighted by Gasteiger charge is 2.23. The monoisotopic (exact) mass is 259 g/mol. The normalized spacial score (nSPS) is 18.7. The van der Waals surface area contributed by atoms with Crippen molar-refractivity contribution in [3.63, 3.8) is 0 Å². The van der Waals surface area contributed by atoms with Gasteiger partial charge in [0.25, 0.3) is 0 Å². The third kappa shape index (κ3) is 2.06. The standard InChI is InChI=1S/C14H17N3S/c1-9-6-7-16-12(8-9)14-17-11-5-3-4-10(15-2)13(11)18-14/h6-8,10,15H,3-5H2,1-2H3. The highest BCUT2D eigenvalue weighted by molar-refractivity contribution is 7.15. The molecule has 0 aromatic carbocycles. The van der Waals surface area contributed by atoms with Crippen LogP contribution < -0.4 is 5.32 Å². The first-order chi connectivity index (χ1) is 8.78. The van der Waals surface area contributed by atoms with Crippen LogP contribution in [0.5, 0.6) is 0 Å². The SMILES string of the molecule is CNC1CCCc2nc(-c3cc(C)ccn3)sc21. The summed E-state index contributed by atoms with van der Waals surface area (Å²) in [7, 11) is 2.03. The van der Waals surface area contributed by atoms with E-state index >= 15 is 0 Å². The Hall–Kier alpha value is -1.26. The summed E-state index contributed by atoms with van der Waals surface area (Å²) < 4.78 is 0. The quantitative estimate of drug-likeness (QED) is 0.900. The molecule has 1 N–H and O–H groups in total. The van der Waals surface area contributed by atoms with Gasteiger partial charge < -0.3 is 5.32 Å². The zero-order valence-electron chi connectivity index (χ0n) is 10.7. The van der Waals surface area contributed by atoms with Gasteiger partial charge in [-0.3, -0.25) is 4.98 Å². The molecule has 0 saturated carbocycles. The smallest absolute Gasteiger partial charge is 0.142 e. The predicted octanol–water partition coefficient (Wildman–Crippen LogP) is 3.11. The van der Waals surface area contributed by atoms with Gasteiger partial charge in [0.05, 0.1) is 11.4 Å². The van der Waals surface area contributed by atoms with Crippen LogP contribution in [0.4, 0.5) is 0 Å². The Morgan fingerprint density at radius 1 is 1.44 bits per heavy atom. The van der Waals surface area contributed by atoms with E-state index in [0.717, 1.165) is 17.1 Å². The van der Waals surface area contributed by atoms with Crippen molar-refractivity contribution in [2.75, 3.05) is 7.05 Å². The lowest BCUT2D eigenvalue weighted by Crippen LogP contribution is -2.19. The van der Waals surface area contributed by atoms with Gasteiger partial charge in [0.1, 0.15) is 5.01 Å². The number of fused-ring (bicyclic) bond motifs is 1. The van der Waals surface area contributed by atoms with E-state index in [1.165, 1.54) is 29.0 Å². The number of aryl methyl sites for hydroxylation is 2. The zero-order valence-corrected chi connectivity index (χ0v) is 11.5. The van der Waals surface area contributed by atoms with Crippen molar-refractivity contribution in [1.29, 1.82) is 0 Å². The van der Waals surface area contributed by atoms with E-state index in [4.69, 9.17) is 4.98 Å². The Kier molecular flexibility index (Phi) is 3.14. The molecule has 1 unspecified atom stereocenters. The van der Waals surface area contributed by atoms with E-state index in [1.54, 1.807) is 11.3 Å². The van der Waals surface area contributed by atoms with E-state index in [9.17, 15) is 0 Å². The lowest BCUT2D eigenvalue weighted by molar-refractivity contribution is 0.501. The van der Waals surface area contributed by atoms with Gasteiger partial charge in [-0.05, 0) is 50.9 Å². The Morgan fingerprint density at radius 2 is 2.33 bits per heavy atom. The molecule has 1 aliphatic carbocycles. The fraction of sp³-hybridized carbons (Fsp3) is 0.429. The van der Waals surface area contributed by atoms with Crippen molar-refractivity contribution in [2.45, 2.75) is 32.2 Å². The topological polar surface area (TPSA) is 37.8 Å². The molecule has 0 saturated heterocycles. The second-order valence-electron chi connectivity index (χ2n) is 4.78. The number of nitrogens with zero attached hydrogens (tertiary/aromatic N) is 2. The minimum Gasteiger partial charge on any atom is -0.312 e. The van der Waals surface area contributed by atoms with Crippen LogP contribution in [-0.2, 0) is 6.42 Å². The fourth-order valence-electron chi connectivity index (χ4n) is 2.46. The molecule has 2 heterocycles. The molecule has 0 spiro atoms. The molecule has 4 heteroatoms. The summed E-state index contributed by atoms with van der Waals surface area (Å²) in [5.41, 5.74) is 3.51. The van der Waals surface area contributed by atoms with Crippen LogP contribution >= 0.6 is 11.3 Å². The van der Waals surface area contributed by atoms with Crippen LogP contribution in [0.25, 0.3) is 10.7 Å². The van der Waals surface area contributed by atoms with Gasteiger partial charge in [-0.25, -0.2) is 4.98 Å². The summed E-state index contributed by atoms with van der Waals surface area (Å²) in [6.45, 7) is 2.09.